The highest BCUT2D eigenvalue weighted by atomic mass is 32.2. The number of hydrogen-bond donors (Lipinski definition) is 0. The summed E-state index contributed by atoms with van der Waals surface area (Å²) in [5, 5.41) is 0. The molecule has 158 valence electrons. The Hall–Kier alpha value is -3.56. The zero-order chi connectivity index (χ0) is 22.2. The van der Waals surface area contributed by atoms with Gasteiger partial charge in [-0.1, -0.05) is 6.07 Å². The predicted octanol–water partition coefficient (Wildman–Crippen LogP) is 3.68. The van der Waals surface area contributed by atoms with Gasteiger partial charge in [0.05, 0.1) is 4.90 Å². The number of sulfonamides is 1. The molecule has 0 bridgehead atoms. The third-order valence-corrected chi connectivity index (χ3v) is 6.33. The lowest BCUT2D eigenvalue weighted by Crippen LogP contribution is -2.22. The van der Waals surface area contributed by atoms with E-state index < -0.39 is 16.0 Å². The first-order chi connectivity index (χ1) is 14.7. The normalized spacial score (nSPS) is 15.4. The molecule has 0 N–H and O–H groups in total. The number of cyclic esters (lactones) is 1. The monoisotopic (exact) mass is 440 g/mol. The Balaban J connectivity index is 1.62. The molecule has 0 aliphatic carbocycles. The second kappa shape index (κ2) is 7.93. The Morgan fingerprint density at radius 1 is 1.00 bits per heavy atom. The van der Waals surface area contributed by atoms with Gasteiger partial charge in [0.1, 0.15) is 17.3 Å². The molecule has 0 saturated carbocycles. The predicted molar refractivity (Wildman–Crippen MR) is 112 cm³/mol. The summed E-state index contributed by atoms with van der Waals surface area (Å²) in [4.78, 5) is 16.5. The van der Waals surface area contributed by atoms with E-state index in [1.165, 1.54) is 44.4 Å². The number of esters is 1. The van der Waals surface area contributed by atoms with Crippen LogP contribution < -0.4 is 0 Å². The van der Waals surface area contributed by atoms with Gasteiger partial charge in [0.25, 0.3) is 0 Å². The molecule has 1 aromatic heterocycles. The third-order valence-electron chi connectivity index (χ3n) is 4.51. The Kier molecular flexibility index (Phi) is 5.30. The van der Waals surface area contributed by atoms with Gasteiger partial charge < -0.3 is 9.15 Å². The van der Waals surface area contributed by atoms with Gasteiger partial charge in [-0.3, -0.25) is 0 Å². The van der Waals surface area contributed by atoms with Crippen molar-refractivity contribution in [3.63, 3.8) is 0 Å². The van der Waals surface area contributed by atoms with E-state index in [2.05, 4.69) is 4.99 Å². The summed E-state index contributed by atoms with van der Waals surface area (Å²) < 4.78 is 49.8. The van der Waals surface area contributed by atoms with Crippen LogP contribution in [0.3, 0.4) is 0 Å². The van der Waals surface area contributed by atoms with Crippen LogP contribution in [-0.2, 0) is 19.6 Å². The molecule has 0 spiro atoms. The van der Waals surface area contributed by atoms with Gasteiger partial charge in [-0.15, -0.1) is 0 Å². The topological polar surface area (TPSA) is 89.2 Å². The summed E-state index contributed by atoms with van der Waals surface area (Å²) >= 11 is 0. The summed E-state index contributed by atoms with van der Waals surface area (Å²) in [7, 11) is -0.786. The van der Waals surface area contributed by atoms with E-state index in [-0.39, 0.29) is 22.3 Å². The quantitative estimate of drug-likeness (QED) is 0.446. The van der Waals surface area contributed by atoms with E-state index >= 15 is 0 Å². The molecule has 1 aliphatic heterocycles. The summed E-state index contributed by atoms with van der Waals surface area (Å²) in [6.07, 6.45) is 1.42. The van der Waals surface area contributed by atoms with Crippen LogP contribution in [0.25, 0.3) is 17.4 Å². The van der Waals surface area contributed by atoms with Crippen molar-refractivity contribution in [2.24, 2.45) is 4.99 Å². The molecule has 7 nitrogen and oxygen atoms in total. The largest absolute Gasteiger partial charge is 0.457 e. The first-order valence-corrected chi connectivity index (χ1v) is 10.6. The van der Waals surface area contributed by atoms with Crippen LogP contribution in [0.15, 0.2) is 80.7 Å². The fraction of sp³-hybridized carbons (Fsp3) is 0.0909. The van der Waals surface area contributed by atoms with Crippen LogP contribution in [0.1, 0.15) is 11.3 Å². The molecule has 1 aliphatic rings. The third kappa shape index (κ3) is 4.18. The minimum absolute atomic E-state index is 0.00243. The van der Waals surface area contributed by atoms with E-state index in [9.17, 15) is 17.6 Å². The zero-order valence-electron chi connectivity index (χ0n) is 16.6. The lowest BCUT2D eigenvalue weighted by atomic mass is 10.2. The SMILES string of the molecule is CN(C)S(=O)(=O)c1cccc(C2=N/C(=C\c3ccc(-c4ccc(F)cc4)o3)C(=O)O2)c1. The molecule has 0 saturated heterocycles. The molecule has 2 aromatic carbocycles. The van der Waals surface area contributed by atoms with Gasteiger partial charge in [0, 0.05) is 31.3 Å². The molecule has 9 heteroatoms. The van der Waals surface area contributed by atoms with E-state index in [1.807, 2.05) is 0 Å². The Labute approximate surface area is 178 Å². The lowest BCUT2D eigenvalue weighted by Gasteiger charge is -2.11. The number of halogens is 1. The number of hydrogen-bond acceptors (Lipinski definition) is 6. The van der Waals surface area contributed by atoms with Gasteiger partial charge in [0.2, 0.25) is 15.9 Å². The van der Waals surface area contributed by atoms with E-state index in [0.717, 1.165) is 4.31 Å². The van der Waals surface area contributed by atoms with Crippen molar-refractivity contribution >= 4 is 28.0 Å². The van der Waals surface area contributed by atoms with Gasteiger partial charge >= 0.3 is 5.97 Å². The maximum Gasteiger partial charge on any atom is 0.363 e. The van der Waals surface area contributed by atoms with Crippen molar-refractivity contribution in [2.45, 2.75) is 4.90 Å². The van der Waals surface area contributed by atoms with Crippen LogP contribution >= 0.6 is 0 Å². The van der Waals surface area contributed by atoms with Crippen LogP contribution in [0.4, 0.5) is 4.39 Å². The second-order valence-electron chi connectivity index (χ2n) is 6.86. The molecule has 0 amide bonds. The van der Waals surface area contributed by atoms with Crippen molar-refractivity contribution in [1.29, 1.82) is 0 Å². The number of furan rings is 1. The number of carbonyl (C=O) groups excluding carboxylic acids is 1. The molecular formula is C22H17FN2O5S. The fourth-order valence-corrected chi connectivity index (χ4v) is 3.82. The Morgan fingerprint density at radius 2 is 1.74 bits per heavy atom. The summed E-state index contributed by atoms with van der Waals surface area (Å²) in [5.41, 5.74) is 1.05. The van der Waals surface area contributed by atoms with Gasteiger partial charge in [-0.25, -0.2) is 26.9 Å². The van der Waals surface area contributed by atoms with E-state index in [1.54, 1.807) is 36.4 Å². The van der Waals surface area contributed by atoms with Gasteiger partial charge in [0.15, 0.2) is 5.70 Å². The first kappa shape index (κ1) is 20.7. The van der Waals surface area contributed by atoms with Crippen molar-refractivity contribution in [1.82, 2.24) is 4.31 Å². The van der Waals surface area contributed by atoms with Crippen molar-refractivity contribution < 1.29 is 26.8 Å². The molecule has 0 unspecified atom stereocenters. The van der Waals surface area contributed by atoms with E-state index in [0.29, 0.717) is 22.6 Å². The summed E-state index contributed by atoms with van der Waals surface area (Å²) in [6.45, 7) is 0. The zero-order valence-corrected chi connectivity index (χ0v) is 17.4. The van der Waals surface area contributed by atoms with Crippen LogP contribution in [0.5, 0.6) is 0 Å². The van der Waals surface area contributed by atoms with Crippen LogP contribution in [0, 0.1) is 5.82 Å². The lowest BCUT2D eigenvalue weighted by molar-refractivity contribution is -0.129. The number of benzene rings is 2. The Morgan fingerprint density at radius 3 is 2.45 bits per heavy atom. The fourth-order valence-electron chi connectivity index (χ4n) is 2.87. The second-order valence-corrected chi connectivity index (χ2v) is 9.01. The first-order valence-electron chi connectivity index (χ1n) is 9.15. The van der Waals surface area contributed by atoms with Crippen molar-refractivity contribution in [3.8, 4) is 11.3 Å². The Bertz CT molecular complexity index is 1320. The molecule has 31 heavy (non-hydrogen) atoms. The molecule has 0 fully saturated rings. The molecular weight excluding hydrogens is 423 g/mol. The highest BCUT2D eigenvalue weighted by Crippen LogP contribution is 2.26. The standard InChI is InChI=1S/C22H17FN2O5S/c1-25(2)31(27,28)18-5-3-4-15(12-18)21-24-19(22(26)30-21)13-17-10-11-20(29-17)14-6-8-16(23)9-7-14/h3-13H,1-2H3/b19-13-. The van der Waals surface area contributed by atoms with Crippen LogP contribution in [-0.4, -0.2) is 38.7 Å². The van der Waals surface area contributed by atoms with Gasteiger partial charge in [-0.05, 0) is 54.6 Å². The highest BCUT2D eigenvalue weighted by Gasteiger charge is 2.26. The maximum atomic E-state index is 13.1. The summed E-state index contributed by atoms with van der Waals surface area (Å²) in [5.74, 6) is -0.173. The number of nitrogens with zero attached hydrogens (tertiary/aromatic N) is 2. The molecule has 4 rings (SSSR count). The molecule has 0 atom stereocenters. The molecule has 0 radical (unpaired) electrons. The molecule has 3 aromatic rings. The number of ether oxygens (including phenoxy) is 1. The smallest absolute Gasteiger partial charge is 0.363 e. The van der Waals surface area contributed by atoms with Crippen molar-refractivity contribution in [2.75, 3.05) is 14.1 Å². The minimum atomic E-state index is -3.65. The number of carbonyl (C=O) groups is 1. The molecule has 2 heterocycles. The van der Waals surface area contributed by atoms with Crippen LogP contribution in [0.2, 0.25) is 0 Å². The number of rotatable bonds is 5. The average Bonchev–Trinajstić information content (AvgIpc) is 3.36. The van der Waals surface area contributed by atoms with Crippen molar-refractivity contribution in [3.05, 3.63) is 83.5 Å². The number of aliphatic imine (C=N–C) groups is 1. The maximum absolute atomic E-state index is 13.1. The minimum Gasteiger partial charge on any atom is -0.457 e. The van der Waals surface area contributed by atoms with E-state index in [4.69, 9.17) is 9.15 Å². The highest BCUT2D eigenvalue weighted by molar-refractivity contribution is 7.89. The van der Waals surface area contributed by atoms with Gasteiger partial charge in [-0.2, -0.15) is 0 Å². The summed E-state index contributed by atoms with van der Waals surface area (Å²) in [6, 6.07) is 15.2. The average molecular weight is 440 g/mol.